The van der Waals surface area contributed by atoms with Crippen LogP contribution in [-0.4, -0.2) is 15.0 Å². The van der Waals surface area contributed by atoms with E-state index < -0.39 is 0 Å². The van der Waals surface area contributed by atoms with Crippen molar-refractivity contribution in [3.8, 4) is 78.3 Å². The largest absolute Gasteiger partial charge is 3.00 e. The van der Waals surface area contributed by atoms with Gasteiger partial charge in [0.25, 0.3) is 0 Å². The third-order valence-electron chi connectivity index (χ3n) is 12.7. The summed E-state index contributed by atoms with van der Waals surface area (Å²) in [6, 6.07) is 74.8. The fraction of sp³-hybridized carbons (Fsp3) is 0.109. The molecule has 6 heteroatoms. The molecule has 0 bridgehead atoms. The van der Waals surface area contributed by atoms with Crippen molar-refractivity contribution in [1.82, 2.24) is 15.0 Å². The first-order valence-corrected chi connectivity index (χ1v) is 25.0. The topological polar surface area (TPSA) is 38.7 Å². The van der Waals surface area contributed by atoms with E-state index in [4.69, 9.17) is 15.0 Å². The van der Waals surface area contributed by atoms with Gasteiger partial charge in [-0.1, -0.05) is 182 Å². The van der Waals surface area contributed by atoms with Gasteiger partial charge in [0.2, 0.25) is 0 Å². The zero-order valence-corrected chi connectivity index (χ0v) is 44.5. The third-order valence-corrected chi connectivity index (χ3v) is 13.7. The van der Waals surface area contributed by atoms with Gasteiger partial charge < -0.3 is 15.0 Å². The zero-order valence-electron chi connectivity index (χ0n) is 38.9. The van der Waals surface area contributed by atoms with Gasteiger partial charge in [-0.05, 0) is 110 Å². The van der Waals surface area contributed by atoms with Crippen LogP contribution in [0.1, 0.15) is 47.6 Å². The summed E-state index contributed by atoms with van der Waals surface area (Å²) in [4.78, 5) is 14.9. The Morgan fingerprint density at radius 1 is 0.386 bits per heavy atom. The van der Waals surface area contributed by atoms with E-state index in [2.05, 4.69) is 222 Å². The fourth-order valence-electron chi connectivity index (χ4n) is 8.91. The fourth-order valence-corrected chi connectivity index (χ4v) is 9.63. The van der Waals surface area contributed by atoms with Crippen LogP contribution in [0.3, 0.4) is 0 Å². The van der Waals surface area contributed by atoms with Crippen molar-refractivity contribution in [2.75, 3.05) is 0 Å². The van der Waals surface area contributed by atoms with E-state index in [1.165, 1.54) is 50.1 Å². The van der Waals surface area contributed by atoms with Crippen LogP contribution < -0.4 is 0 Å². The van der Waals surface area contributed by atoms with Crippen LogP contribution in [0.25, 0.3) is 78.3 Å². The maximum atomic E-state index is 5.18. The number of pyridine rings is 3. The molecule has 0 unspecified atom stereocenters. The Kier molecular flexibility index (Phi) is 15.7. The average molecular weight is 1210 g/mol. The second-order valence-corrected chi connectivity index (χ2v) is 19.6. The molecular formula is C64H48Br2IrN3. The van der Waals surface area contributed by atoms with Crippen LogP contribution in [0.4, 0.5) is 0 Å². The average Bonchev–Trinajstić information content (AvgIpc) is 3.40. The minimum absolute atomic E-state index is 0. The number of aromatic nitrogens is 3. The minimum atomic E-state index is 0. The summed E-state index contributed by atoms with van der Waals surface area (Å²) >= 11 is 7.18. The van der Waals surface area contributed by atoms with Gasteiger partial charge in [0.05, 0.1) is 0 Å². The number of halogens is 2. The van der Waals surface area contributed by atoms with Crippen molar-refractivity contribution in [2.24, 2.45) is 0 Å². The van der Waals surface area contributed by atoms with Crippen LogP contribution >= 0.6 is 31.9 Å². The predicted molar refractivity (Wildman–Crippen MR) is 292 cm³/mol. The van der Waals surface area contributed by atoms with Crippen LogP contribution in [-0.2, 0) is 45.8 Å². The number of aryl methyl sites for hydroxylation is 4. The molecule has 3 nitrogen and oxygen atoms in total. The Balaban J connectivity index is 0.00000608. The van der Waals surface area contributed by atoms with Crippen molar-refractivity contribution >= 4 is 31.9 Å². The van der Waals surface area contributed by atoms with Gasteiger partial charge in [0, 0.05) is 24.2 Å². The van der Waals surface area contributed by atoms with Gasteiger partial charge in [-0.2, -0.15) is 0 Å². The summed E-state index contributed by atoms with van der Waals surface area (Å²) in [7, 11) is 0. The van der Waals surface area contributed by atoms with E-state index in [9.17, 15) is 0 Å². The van der Waals surface area contributed by atoms with E-state index in [1.807, 2.05) is 42.7 Å². The number of hydrogen-bond donors (Lipinski definition) is 0. The molecule has 342 valence electrons. The van der Waals surface area contributed by atoms with Gasteiger partial charge in [0.1, 0.15) is 0 Å². The van der Waals surface area contributed by atoms with Crippen molar-refractivity contribution < 1.29 is 20.1 Å². The summed E-state index contributed by atoms with van der Waals surface area (Å²) in [6.07, 6.45) is 9.55. The van der Waals surface area contributed by atoms with E-state index in [0.717, 1.165) is 90.7 Å². The molecule has 0 aliphatic carbocycles. The zero-order chi connectivity index (χ0) is 47.1. The molecule has 0 spiro atoms. The van der Waals surface area contributed by atoms with Crippen molar-refractivity contribution in [2.45, 2.75) is 45.4 Å². The Labute approximate surface area is 442 Å². The van der Waals surface area contributed by atoms with Gasteiger partial charge in [-0.25, -0.2) is 0 Å². The standard InChI is InChI=1S/C64H48Br2N3.Ir/c1-43(2)51-13-8-14-52(36-51)64-39-60(50-29-27-49(28-30-50)48-11-4-3-5-12-48)61(42-69-64)59-20-7-6-19-58(59)55-34-46(23-21-44-25-31-62(67-40-44)53-15-9-17-56(65)37-53)33-47(35-55)24-22-45-26-32-63(68-41-45)54-16-10-18-57(66)38-54;/h3-13,17-20,25-43H,21-24H2,1-2H3;/q-3;+3. The van der Waals surface area contributed by atoms with E-state index in [0.29, 0.717) is 5.92 Å². The molecule has 0 saturated heterocycles. The molecule has 0 radical (unpaired) electrons. The normalized spacial score (nSPS) is 11.1. The smallest absolute Gasteiger partial charge is 0.304 e. The second-order valence-electron chi connectivity index (χ2n) is 17.8. The Bertz CT molecular complexity index is 3260. The Morgan fingerprint density at radius 3 is 1.44 bits per heavy atom. The molecule has 70 heavy (non-hydrogen) atoms. The summed E-state index contributed by atoms with van der Waals surface area (Å²) in [5.74, 6) is 0.395. The number of rotatable bonds is 14. The monoisotopic (exact) mass is 1210 g/mol. The maximum Gasteiger partial charge on any atom is 3.00 e. The molecule has 7 aromatic carbocycles. The molecule has 3 heterocycles. The number of benzene rings is 7. The molecule has 10 rings (SSSR count). The molecule has 0 aliphatic rings. The minimum Gasteiger partial charge on any atom is -0.304 e. The van der Waals surface area contributed by atoms with Gasteiger partial charge in [-0.15, -0.1) is 95.1 Å². The van der Waals surface area contributed by atoms with Crippen LogP contribution in [0.2, 0.25) is 0 Å². The Hall–Kier alpha value is -6.40. The van der Waals surface area contributed by atoms with Crippen molar-refractivity contribution in [3.05, 3.63) is 256 Å². The van der Waals surface area contributed by atoms with Gasteiger partial charge >= 0.3 is 20.1 Å². The van der Waals surface area contributed by atoms with E-state index in [-0.39, 0.29) is 20.1 Å². The summed E-state index contributed by atoms with van der Waals surface area (Å²) in [6.45, 7) is 4.45. The molecule has 3 aromatic heterocycles. The maximum absolute atomic E-state index is 5.18. The summed E-state index contributed by atoms with van der Waals surface area (Å²) in [5.41, 5.74) is 21.1. The van der Waals surface area contributed by atoms with E-state index in [1.54, 1.807) is 0 Å². The third kappa shape index (κ3) is 11.6. The summed E-state index contributed by atoms with van der Waals surface area (Å²) in [5, 5.41) is 0. The first-order valence-electron chi connectivity index (χ1n) is 23.5. The number of hydrogen-bond acceptors (Lipinski definition) is 3. The van der Waals surface area contributed by atoms with Crippen LogP contribution in [0, 0.1) is 18.2 Å². The van der Waals surface area contributed by atoms with E-state index >= 15 is 0 Å². The second kappa shape index (κ2) is 22.6. The van der Waals surface area contributed by atoms with Gasteiger partial charge in [0.15, 0.2) is 0 Å². The molecule has 0 N–H and O–H groups in total. The molecule has 0 fully saturated rings. The SMILES string of the molecule is CC(C)c1cc[c-]c(-c2cc(-c3ccc(-c4ccccc4)cc3)c(-c3ccccc3-c3cc(CCc4ccc(-c5[c-]ccc(Br)c5)nc4)cc(CCc4ccc(-c5[c-]ccc(Br)c5)nc4)c3)cn2)c1.[Ir+3]. The Morgan fingerprint density at radius 2 is 0.886 bits per heavy atom. The number of nitrogens with zero attached hydrogens (tertiary/aromatic N) is 3. The van der Waals surface area contributed by atoms with Crippen LogP contribution in [0.15, 0.2) is 210 Å². The molecular weight excluding hydrogens is 1160 g/mol. The summed E-state index contributed by atoms with van der Waals surface area (Å²) < 4.78 is 2.03. The quantitative estimate of drug-likeness (QED) is 0.102. The molecule has 0 atom stereocenters. The van der Waals surface area contributed by atoms with Gasteiger partial charge in [-0.3, -0.25) is 0 Å². The molecule has 0 saturated carbocycles. The van der Waals surface area contributed by atoms with Crippen LogP contribution in [0.5, 0.6) is 0 Å². The first-order chi connectivity index (χ1) is 33.8. The van der Waals surface area contributed by atoms with Crippen molar-refractivity contribution in [1.29, 1.82) is 0 Å². The molecule has 0 aliphatic heterocycles. The predicted octanol–water partition coefficient (Wildman–Crippen LogP) is 17.2. The molecule has 0 amide bonds. The molecule has 10 aromatic rings. The van der Waals surface area contributed by atoms with Crippen molar-refractivity contribution in [3.63, 3.8) is 0 Å². The first kappa shape index (κ1) is 48.6.